The zero-order chi connectivity index (χ0) is 45.6. The van der Waals surface area contributed by atoms with Crippen molar-refractivity contribution in [2.45, 2.75) is 26.2 Å². The van der Waals surface area contributed by atoms with Gasteiger partial charge in [0.2, 0.25) is 34.8 Å². The van der Waals surface area contributed by atoms with Crippen LogP contribution in [0.4, 0.5) is 27.6 Å². The maximum Gasteiger partial charge on any atom is 0.338 e. The number of halogens is 5. The van der Waals surface area contributed by atoms with Crippen LogP contribution in [0.3, 0.4) is 0 Å². The number of rotatable bonds is 42. The minimum absolute atomic E-state index is 0.0729. The van der Waals surface area contributed by atoms with Crippen molar-refractivity contribution in [3.63, 3.8) is 0 Å². The molecule has 0 radical (unpaired) electrons. The van der Waals surface area contributed by atoms with Crippen molar-refractivity contribution in [2.24, 2.45) is 0 Å². The Balaban J connectivity index is 1.20. The molecule has 2 rings (SSSR count). The predicted molar refractivity (Wildman–Crippen MR) is 216 cm³/mol. The lowest BCUT2D eigenvalue weighted by Crippen LogP contribution is -2.16. The first kappa shape index (κ1) is 55.5. The van der Waals surface area contributed by atoms with E-state index in [1.54, 1.807) is 12.1 Å². The summed E-state index contributed by atoms with van der Waals surface area (Å²) in [6, 6.07) is 7.22. The lowest BCUT2D eigenvalue weighted by molar-refractivity contribution is -0.136. The summed E-state index contributed by atoms with van der Waals surface area (Å²) in [6.07, 6.45) is 1.72. The van der Waals surface area contributed by atoms with Crippen LogP contribution >= 0.6 is 0 Å². The number of ether oxygens (including phenoxy) is 13. The monoisotopic (exact) mass is 915 g/mol. The van der Waals surface area contributed by atoms with Crippen molar-refractivity contribution in [3.05, 3.63) is 58.9 Å². The van der Waals surface area contributed by atoms with Gasteiger partial charge in [-0.05, 0) is 30.7 Å². The quantitative estimate of drug-likeness (QED) is 0.0238. The zero-order valence-corrected chi connectivity index (χ0v) is 35.9. The second-order valence-corrected chi connectivity index (χ2v) is 12.9. The number of hydrogen-bond donors (Lipinski definition) is 1. The van der Waals surface area contributed by atoms with Crippen LogP contribution in [0, 0.1) is 29.1 Å². The van der Waals surface area contributed by atoms with Gasteiger partial charge in [-0.15, -0.1) is 0 Å². The Morgan fingerprint density at radius 3 is 1.11 bits per heavy atom. The summed E-state index contributed by atoms with van der Waals surface area (Å²) in [5, 5.41) is 3.31. The highest BCUT2D eigenvalue weighted by molar-refractivity contribution is 5.89. The Bertz CT molecular complexity index is 1450. The molecule has 0 saturated carbocycles. The smallest absolute Gasteiger partial charge is 0.338 e. The molecule has 63 heavy (non-hydrogen) atoms. The number of anilines is 1. The summed E-state index contributed by atoms with van der Waals surface area (Å²) in [5.41, 5.74) is 1.48. The number of hydrogen-bond acceptors (Lipinski definition) is 16. The van der Waals surface area contributed by atoms with E-state index in [2.05, 4.69) is 17.0 Å². The second kappa shape index (κ2) is 37.7. The molecule has 21 heteroatoms. The van der Waals surface area contributed by atoms with E-state index in [4.69, 9.17) is 56.8 Å². The summed E-state index contributed by atoms with van der Waals surface area (Å²) in [6.45, 7) is 10.7. The van der Waals surface area contributed by atoms with Gasteiger partial charge in [0.1, 0.15) is 6.61 Å². The maximum atomic E-state index is 13.6. The van der Waals surface area contributed by atoms with Crippen molar-refractivity contribution in [1.29, 1.82) is 0 Å². The van der Waals surface area contributed by atoms with Crippen molar-refractivity contribution in [2.75, 3.05) is 164 Å². The SMILES string of the molecule is CCCCNc1ccc(C(=O)OCCOCCOCCOCCOCCOCCOCCOCCOCCOCCOCCOCCC(=O)Oc2c(F)c(F)c(F)c(F)c2F)cc1. The van der Waals surface area contributed by atoms with Crippen LogP contribution in [0.5, 0.6) is 5.75 Å². The van der Waals surface area contributed by atoms with E-state index in [9.17, 15) is 31.5 Å². The fourth-order valence-corrected chi connectivity index (χ4v) is 4.71. The molecule has 0 amide bonds. The predicted octanol–water partition coefficient (Wildman–Crippen LogP) is 4.93. The number of unbranched alkanes of at least 4 members (excludes halogenated alkanes) is 1. The maximum absolute atomic E-state index is 13.6. The van der Waals surface area contributed by atoms with Gasteiger partial charge < -0.3 is 66.9 Å². The number of esters is 2. The Morgan fingerprint density at radius 1 is 0.444 bits per heavy atom. The molecule has 0 unspecified atom stereocenters. The first-order chi connectivity index (χ1) is 30.8. The molecule has 0 fully saturated rings. The topological polar surface area (TPSA) is 166 Å². The van der Waals surface area contributed by atoms with Crippen LogP contribution in [-0.2, 0) is 61.6 Å². The van der Waals surface area contributed by atoms with E-state index >= 15 is 0 Å². The lowest BCUT2D eigenvalue weighted by Gasteiger charge is -2.09. The van der Waals surface area contributed by atoms with Crippen molar-refractivity contribution in [1.82, 2.24) is 0 Å². The third-order valence-electron chi connectivity index (χ3n) is 8.00. The minimum Gasteiger partial charge on any atom is -0.460 e. The summed E-state index contributed by atoms with van der Waals surface area (Å²) in [4.78, 5) is 23.8. The van der Waals surface area contributed by atoms with Gasteiger partial charge in [0, 0.05) is 12.2 Å². The van der Waals surface area contributed by atoms with Crippen molar-refractivity contribution < 1.29 is 93.1 Å². The Hall–Kier alpha value is -3.61. The van der Waals surface area contributed by atoms with Crippen LogP contribution in [-0.4, -0.2) is 170 Å². The number of carbonyl (C=O) groups excluding carboxylic acids is 2. The van der Waals surface area contributed by atoms with E-state index < -0.39 is 47.2 Å². The highest BCUT2D eigenvalue weighted by atomic mass is 19.2. The highest BCUT2D eigenvalue weighted by Crippen LogP contribution is 2.29. The Kier molecular flexibility index (Phi) is 33.3. The summed E-state index contributed by atoms with van der Waals surface area (Å²) >= 11 is 0. The van der Waals surface area contributed by atoms with Gasteiger partial charge in [0.25, 0.3) is 0 Å². The molecule has 0 aliphatic carbocycles. The van der Waals surface area contributed by atoms with E-state index in [-0.39, 0.29) is 45.6 Å². The molecule has 360 valence electrons. The average molecular weight is 916 g/mol. The molecule has 1 N–H and O–H groups in total. The standard InChI is InChI=1S/C42H62F5NO15/c1-2-3-9-48-34-6-4-33(5-7-34)42(50)62-32-31-61-30-29-60-28-27-59-26-25-58-24-23-57-22-21-56-20-19-55-18-17-54-16-15-53-14-13-52-12-11-51-10-8-35(49)63-41-39(46)37(44)36(43)38(45)40(41)47/h4-7,48H,2-3,8-32H2,1H3. The molecule has 2 aromatic carbocycles. The third-order valence-corrected chi connectivity index (χ3v) is 8.00. The van der Waals surface area contributed by atoms with E-state index in [0.717, 1.165) is 25.1 Å². The molecule has 0 atom stereocenters. The van der Waals surface area contributed by atoms with Gasteiger partial charge in [0.15, 0.2) is 0 Å². The first-order valence-corrected chi connectivity index (χ1v) is 20.8. The molecule has 16 nitrogen and oxygen atoms in total. The van der Waals surface area contributed by atoms with E-state index in [0.29, 0.717) is 118 Å². The molecule has 0 spiro atoms. The molecule has 0 bridgehead atoms. The minimum atomic E-state index is -2.35. The Morgan fingerprint density at radius 2 is 0.762 bits per heavy atom. The molecule has 0 saturated heterocycles. The van der Waals surface area contributed by atoms with Gasteiger partial charge in [-0.1, -0.05) is 13.3 Å². The van der Waals surface area contributed by atoms with Crippen LogP contribution < -0.4 is 10.1 Å². The largest absolute Gasteiger partial charge is 0.460 e. The average Bonchev–Trinajstić information content (AvgIpc) is 3.29. The normalized spacial score (nSPS) is 11.3. The van der Waals surface area contributed by atoms with Gasteiger partial charge in [-0.25, -0.2) is 18.0 Å². The first-order valence-electron chi connectivity index (χ1n) is 20.8. The molecule has 0 aliphatic heterocycles. The second-order valence-electron chi connectivity index (χ2n) is 12.9. The number of benzene rings is 2. The molecule has 0 heterocycles. The summed E-state index contributed by atoms with van der Waals surface area (Å²) < 4.78 is 136. The molecule has 0 aromatic heterocycles. The van der Waals surface area contributed by atoms with E-state index in [1.807, 2.05) is 12.1 Å². The van der Waals surface area contributed by atoms with Crippen LogP contribution in [0.1, 0.15) is 36.5 Å². The van der Waals surface area contributed by atoms with Gasteiger partial charge in [0.05, 0.1) is 157 Å². The molecule has 0 aliphatic rings. The van der Waals surface area contributed by atoms with Crippen LogP contribution in [0.2, 0.25) is 0 Å². The van der Waals surface area contributed by atoms with Gasteiger partial charge in [-0.3, -0.25) is 4.79 Å². The zero-order valence-electron chi connectivity index (χ0n) is 35.9. The van der Waals surface area contributed by atoms with E-state index in [1.165, 1.54) is 0 Å². The summed E-state index contributed by atoms with van der Waals surface area (Å²) in [7, 11) is 0. The van der Waals surface area contributed by atoms with Crippen molar-refractivity contribution >= 4 is 17.6 Å². The number of nitrogens with one attached hydrogen (secondary N) is 1. The molecule has 2 aromatic rings. The lowest BCUT2D eigenvalue weighted by atomic mass is 10.2. The van der Waals surface area contributed by atoms with Crippen LogP contribution in [0.15, 0.2) is 24.3 Å². The van der Waals surface area contributed by atoms with Crippen LogP contribution in [0.25, 0.3) is 0 Å². The summed E-state index contributed by atoms with van der Waals surface area (Å²) in [5.74, 6) is -14.6. The third kappa shape index (κ3) is 27.4. The van der Waals surface area contributed by atoms with Gasteiger partial charge >= 0.3 is 11.9 Å². The highest BCUT2D eigenvalue weighted by Gasteiger charge is 2.28. The van der Waals surface area contributed by atoms with Gasteiger partial charge in [-0.2, -0.15) is 8.78 Å². The van der Waals surface area contributed by atoms with Crippen molar-refractivity contribution in [3.8, 4) is 5.75 Å². The Labute approximate surface area is 365 Å². The number of carbonyl (C=O) groups is 2. The molecular formula is C42H62F5NO15. The fourth-order valence-electron chi connectivity index (χ4n) is 4.71. The fraction of sp³-hybridized carbons (Fsp3) is 0.667. The molecular weight excluding hydrogens is 853 g/mol.